The minimum absolute atomic E-state index is 0.0729. The van der Waals surface area contributed by atoms with Crippen LogP contribution in [0, 0.1) is 0 Å². The fourth-order valence-electron chi connectivity index (χ4n) is 2.31. The first-order chi connectivity index (χ1) is 12.2. The number of benzene rings is 2. The van der Waals surface area contributed by atoms with E-state index in [0.717, 1.165) is 0 Å². The summed E-state index contributed by atoms with van der Waals surface area (Å²) < 4.78 is 14.9. The maximum Gasteiger partial charge on any atom is 0.302 e. The lowest BCUT2D eigenvalue weighted by atomic mass is 9.85. The van der Waals surface area contributed by atoms with Gasteiger partial charge in [0.15, 0.2) is 11.5 Å². The van der Waals surface area contributed by atoms with Gasteiger partial charge in [0.05, 0.1) is 0 Å². The number of phenols is 3. The number of esters is 1. The van der Waals surface area contributed by atoms with Gasteiger partial charge in [0.2, 0.25) is 6.79 Å². The Balaban J connectivity index is 0.000000206. The van der Waals surface area contributed by atoms with Crippen molar-refractivity contribution in [2.75, 3.05) is 13.4 Å². The quantitative estimate of drug-likeness (QED) is 0.569. The van der Waals surface area contributed by atoms with E-state index >= 15 is 0 Å². The number of hydrogen-bond acceptors (Lipinski definition) is 7. The molecule has 0 amide bonds. The molecule has 0 aromatic heterocycles. The van der Waals surface area contributed by atoms with Crippen molar-refractivity contribution in [1.29, 1.82) is 0 Å². The summed E-state index contributed by atoms with van der Waals surface area (Å²) in [6, 6.07) is 9.06. The Morgan fingerprint density at radius 3 is 2.35 bits per heavy atom. The molecule has 2 aromatic rings. The lowest BCUT2D eigenvalue weighted by Crippen LogP contribution is -2.25. The van der Waals surface area contributed by atoms with Gasteiger partial charge in [0, 0.05) is 24.0 Å². The van der Waals surface area contributed by atoms with Crippen molar-refractivity contribution in [1.82, 2.24) is 0 Å². The fourth-order valence-corrected chi connectivity index (χ4v) is 2.31. The Kier molecular flexibility index (Phi) is 5.82. The van der Waals surface area contributed by atoms with Gasteiger partial charge in [-0.25, -0.2) is 0 Å². The fraction of sp³-hybridized carbons (Fsp3) is 0.316. The summed E-state index contributed by atoms with van der Waals surface area (Å²) in [5.41, 5.74) is 0.00264. The molecule has 7 heteroatoms. The van der Waals surface area contributed by atoms with Crippen molar-refractivity contribution in [2.45, 2.75) is 26.2 Å². The van der Waals surface area contributed by atoms with Gasteiger partial charge in [-0.3, -0.25) is 4.79 Å². The van der Waals surface area contributed by atoms with Crippen molar-refractivity contribution in [2.24, 2.45) is 0 Å². The van der Waals surface area contributed by atoms with Crippen LogP contribution in [0.15, 0.2) is 36.4 Å². The Morgan fingerprint density at radius 2 is 1.65 bits per heavy atom. The molecule has 0 fully saturated rings. The van der Waals surface area contributed by atoms with Crippen LogP contribution in [0.1, 0.15) is 26.3 Å². The average Bonchev–Trinajstić information content (AvgIpc) is 3.03. The van der Waals surface area contributed by atoms with E-state index in [1.807, 2.05) is 13.8 Å². The Hall–Kier alpha value is -3.09. The highest BCUT2D eigenvalue weighted by Gasteiger charge is 2.25. The molecular weight excluding hydrogens is 340 g/mol. The van der Waals surface area contributed by atoms with Crippen molar-refractivity contribution in [3.05, 3.63) is 42.0 Å². The molecule has 3 rings (SSSR count). The maximum atomic E-state index is 10.7. The summed E-state index contributed by atoms with van der Waals surface area (Å²) in [5.74, 6) is 1.29. The Labute approximate surface area is 151 Å². The van der Waals surface area contributed by atoms with Gasteiger partial charge >= 0.3 is 5.97 Å². The van der Waals surface area contributed by atoms with E-state index in [9.17, 15) is 15.0 Å². The van der Waals surface area contributed by atoms with Gasteiger partial charge in [-0.05, 0) is 30.3 Å². The van der Waals surface area contributed by atoms with E-state index in [2.05, 4.69) is 0 Å². The van der Waals surface area contributed by atoms with Crippen molar-refractivity contribution in [3.8, 4) is 28.7 Å². The van der Waals surface area contributed by atoms with E-state index in [1.54, 1.807) is 12.1 Å². The molecule has 2 aromatic carbocycles. The zero-order chi connectivity index (χ0) is 19.3. The minimum atomic E-state index is -0.547. The first-order valence-corrected chi connectivity index (χ1v) is 7.93. The summed E-state index contributed by atoms with van der Waals surface area (Å²) in [6.45, 7) is 5.38. The lowest BCUT2D eigenvalue weighted by molar-refractivity contribution is -0.142. The van der Waals surface area contributed by atoms with Crippen molar-refractivity contribution < 1.29 is 34.3 Å². The molecule has 3 N–H and O–H groups in total. The molecule has 0 saturated carbocycles. The number of carbonyl (C=O) groups is 1. The molecule has 0 bridgehead atoms. The van der Waals surface area contributed by atoms with Crippen LogP contribution in [-0.4, -0.2) is 34.7 Å². The third-order valence-corrected chi connectivity index (χ3v) is 3.70. The summed E-state index contributed by atoms with van der Waals surface area (Å²) >= 11 is 0. The highest BCUT2D eigenvalue weighted by atomic mass is 16.7. The van der Waals surface area contributed by atoms with Crippen LogP contribution in [0.4, 0.5) is 0 Å². The topological polar surface area (TPSA) is 105 Å². The van der Waals surface area contributed by atoms with Crippen LogP contribution in [0.25, 0.3) is 0 Å². The molecule has 0 radical (unpaired) electrons. The predicted octanol–water partition coefficient (Wildman–Crippen LogP) is 3.06. The largest absolute Gasteiger partial charge is 0.508 e. The monoisotopic (exact) mass is 362 g/mol. The second-order valence-electron chi connectivity index (χ2n) is 6.40. The summed E-state index contributed by atoms with van der Waals surface area (Å²) in [5, 5.41) is 28.0. The maximum absolute atomic E-state index is 10.7. The molecule has 1 heterocycles. The zero-order valence-electron chi connectivity index (χ0n) is 14.9. The van der Waals surface area contributed by atoms with Gasteiger partial charge in [-0.1, -0.05) is 13.8 Å². The molecule has 0 atom stereocenters. The number of phenolic OH excluding ortho intramolecular Hbond substituents is 3. The molecule has 1 aliphatic heterocycles. The number of aromatic hydroxyl groups is 3. The van der Waals surface area contributed by atoms with E-state index in [-0.39, 0.29) is 36.6 Å². The van der Waals surface area contributed by atoms with Crippen LogP contribution in [0.3, 0.4) is 0 Å². The third kappa shape index (κ3) is 4.95. The number of ether oxygens (including phenoxy) is 3. The van der Waals surface area contributed by atoms with Crippen LogP contribution >= 0.6 is 0 Å². The second-order valence-corrected chi connectivity index (χ2v) is 6.40. The third-order valence-electron chi connectivity index (χ3n) is 3.70. The van der Waals surface area contributed by atoms with Crippen LogP contribution in [0.5, 0.6) is 28.7 Å². The number of fused-ring (bicyclic) bond motifs is 1. The SMILES string of the molecule is CC(=O)OCC(C)(C)c1cc(O)ccc1O.Oc1ccc2c(c1)OCO2. The number of rotatable bonds is 3. The minimum Gasteiger partial charge on any atom is -0.508 e. The highest BCUT2D eigenvalue weighted by molar-refractivity contribution is 5.66. The molecule has 140 valence electrons. The van der Waals surface area contributed by atoms with Gasteiger partial charge in [0.1, 0.15) is 23.9 Å². The first kappa shape index (κ1) is 19.2. The molecular formula is C19H22O7. The Morgan fingerprint density at radius 1 is 1.04 bits per heavy atom. The van der Waals surface area contributed by atoms with Crippen LogP contribution in [-0.2, 0) is 14.9 Å². The van der Waals surface area contributed by atoms with E-state index in [0.29, 0.717) is 17.1 Å². The molecule has 26 heavy (non-hydrogen) atoms. The molecule has 0 spiro atoms. The Bertz CT molecular complexity index is 783. The predicted molar refractivity (Wildman–Crippen MR) is 93.7 cm³/mol. The zero-order valence-corrected chi connectivity index (χ0v) is 14.9. The van der Waals surface area contributed by atoms with E-state index < -0.39 is 5.41 Å². The average molecular weight is 362 g/mol. The molecule has 0 aliphatic carbocycles. The number of hydrogen-bond donors (Lipinski definition) is 3. The van der Waals surface area contributed by atoms with Crippen molar-refractivity contribution >= 4 is 5.97 Å². The summed E-state index contributed by atoms with van der Waals surface area (Å²) in [4.78, 5) is 10.7. The normalized spacial score (nSPS) is 12.1. The molecule has 7 nitrogen and oxygen atoms in total. The highest BCUT2D eigenvalue weighted by Crippen LogP contribution is 2.35. The number of carbonyl (C=O) groups excluding carboxylic acids is 1. The van der Waals surface area contributed by atoms with Gasteiger partial charge in [-0.2, -0.15) is 0 Å². The van der Waals surface area contributed by atoms with Gasteiger partial charge in [0.25, 0.3) is 0 Å². The van der Waals surface area contributed by atoms with Crippen molar-refractivity contribution in [3.63, 3.8) is 0 Å². The summed E-state index contributed by atoms with van der Waals surface area (Å²) in [6.07, 6.45) is 0. The smallest absolute Gasteiger partial charge is 0.302 e. The lowest BCUT2D eigenvalue weighted by Gasteiger charge is -2.25. The second kappa shape index (κ2) is 7.86. The standard InChI is InChI=1S/C12H16O4.C7H6O3/c1-8(13)16-7-12(2,3)10-6-9(14)4-5-11(10)15;8-5-1-2-6-7(3-5)10-4-9-6/h4-6,14-15H,7H2,1-3H3;1-3,8H,4H2. The van der Waals surface area contributed by atoms with Gasteiger partial charge in [-0.15, -0.1) is 0 Å². The van der Waals surface area contributed by atoms with Gasteiger partial charge < -0.3 is 29.5 Å². The van der Waals surface area contributed by atoms with Crippen LogP contribution in [0.2, 0.25) is 0 Å². The molecule has 0 saturated heterocycles. The first-order valence-electron chi connectivity index (χ1n) is 7.93. The summed E-state index contributed by atoms with van der Waals surface area (Å²) in [7, 11) is 0. The van der Waals surface area contributed by atoms with Crippen LogP contribution < -0.4 is 9.47 Å². The van der Waals surface area contributed by atoms with E-state index in [4.69, 9.17) is 19.3 Å². The molecule has 1 aliphatic rings. The van der Waals surface area contributed by atoms with E-state index in [1.165, 1.54) is 31.2 Å². The molecule has 0 unspecified atom stereocenters.